The van der Waals surface area contributed by atoms with Crippen molar-refractivity contribution < 1.29 is 0 Å². The van der Waals surface area contributed by atoms with E-state index in [1.165, 1.54) is 94.6 Å². The predicted octanol–water partition coefficient (Wildman–Crippen LogP) is 19.3. The van der Waals surface area contributed by atoms with E-state index in [0.29, 0.717) is 0 Å². The van der Waals surface area contributed by atoms with Crippen LogP contribution in [0.3, 0.4) is 0 Å². The Kier molecular flexibility index (Phi) is 10.9. The zero-order valence-corrected chi connectivity index (χ0v) is 43.4. The third kappa shape index (κ3) is 6.86. The van der Waals surface area contributed by atoms with Crippen LogP contribution in [0.5, 0.6) is 0 Å². The standard InChI is InChI=1S/C74H59N/c1-7-9-27-51(8-2)74(52-28-14-11-15-29-52)65-37-22-18-33-62(65)70-60(59-34-24-38-66-69(59)61-32-17-21-36-64(61)72(66,3)4)47-46-56(71(70)74)50-40-42-53(43-41-50)75(68-39-23-19-30-55(68)49-25-12-10-13-26-49)54-44-45-58-57-31-16-20-35-63(57)73(5,6)67(58)48-54/h2,7,9-28,30-48,52H,29H2,1,3-6H3/b9-7-,51-27+. The van der Waals surface area contributed by atoms with E-state index in [0.717, 1.165) is 34.6 Å². The lowest BCUT2D eigenvalue weighted by atomic mass is 9.60. The van der Waals surface area contributed by atoms with E-state index in [4.69, 9.17) is 6.42 Å². The molecule has 0 N–H and O–H groups in total. The van der Waals surface area contributed by atoms with Gasteiger partial charge in [0.05, 0.1) is 11.1 Å². The number of nitrogens with zero attached hydrogens (tertiary/aromatic N) is 1. The van der Waals surface area contributed by atoms with Gasteiger partial charge in [0.15, 0.2) is 0 Å². The number of fused-ring (bicyclic) bond motifs is 9. The second-order valence-corrected chi connectivity index (χ2v) is 21.7. The van der Waals surface area contributed by atoms with Gasteiger partial charge in [-0.05, 0) is 150 Å². The molecule has 9 aromatic carbocycles. The molecule has 75 heavy (non-hydrogen) atoms. The molecular formula is C74H59N. The van der Waals surface area contributed by atoms with Crippen LogP contribution >= 0.6 is 0 Å². The summed E-state index contributed by atoms with van der Waals surface area (Å²) < 4.78 is 0. The molecule has 0 saturated heterocycles. The first-order chi connectivity index (χ1) is 36.7. The lowest BCUT2D eigenvalue weighted by Gasteiger charge is -2.40. The fourth-order valence-electron chi connectivity index (χ4n) is 13.7. The molecule has 0 heterocycles. The average Bonchev–Trinajstić information content (AvgIpc) is 4.00. The van der Waals surface area contributed by atoms with Crippen LogP contribution in [0, 0.1) is 18.3 Å². The molecule has 0 fully saturated rings. The molecule has 4 aliphatic carbocycles. The van der Waals surface area contributed by atoms with Gasteiger partial charge in [-0.15, -0.1) is 6.42 Å². The van der Waals surface area contributed by atoms with Gasteiger partial charge in [0.25, 0.3) is 0 Å². The van der Waals surface area contributed by atoms with E-state index in [-0.39, 0.29) is 16.7 Å². The quantitative estimate of drug-likeness (QED) is 0.103. The maximum absolute atomic E-state index is 6.89. The monoisotopic (exact) mass is 961 g/mol. The van der Waals surface area contributed by atoms with Crippen LogP contribution in [0.25, 0.3) is 66.8 Å². The maximum Gasteiger partial charge on any atom is 0.0614 e. The number of hydrogen-bond donors (Lipinski definition) is 0. The van der Waals surface area contributed by atoms with Crippen molar-refractivity contribution in [3.63, 3.8) is 0 Å². The molecule has 2 unspecified atom stereocenters. The number of anilines is 3. The lowest BCUT2D eigenvalue weighted by molar-refractivity contribution is 0.460. The summed E-state index contributed by atoms with van der Waals surface area (Å²) in [6, 6.07) is 74.9. The highest BCUT2D eigenvalue weighted by Crippen LogP contribution is 2.64. The van der Waals surface area contributed by atoms with Gasteiger partial charge in [0.1, 0.15) is 0 Å². The minimum atomic E-state index is -0.684. The summed E-state index contributed by atoms with van der Waals surface area (Å²) in [5.41, 5.74) is 26.2. The summed E-state index contributed by atoms with van der Waals surface area (Å²) >= 11 is 0. The normalized spacial score (nSPS) is 17.9. The van der Waals surface area contributed by atoms with E-state index in [1.54, 1.807) is 0 Å². The number of rotatable bonds is 9. The van der Waals surface area contributed by atoms with Gasteiger partial charge >= 0.3 is 0 Å². The topological polar surface area (TPSA) is 3.24 Å². The molecule has 4 aliphatic rings. The van der Waals surface area contributed by atoms with Crippen molar-refractivity contribution in [2.24, 2.45) is 5.92 Å². The molecule has 0 aliphatic heterocycles. The lowest BCUT2D eigenvalue weighted by Crippen LogP contribution is -2.36. The predicted molar refractivity (Wildman–Crippen MR) is 317 cm³/mol. The van der Waals surface area contributed by atoms with Crippen LogP contribution < -0.4 is 4.90 Å². The van der Waals surface area contributed by atoms with Gasteiger partial charge in [-0.3, -0.25) is 0 Å². The van der Waals surface area contributed by atoms with Crippen LogP contribution in [-0.2, 0) is 16.2 Å². The van der Waals surface area contributed by atoms with Gasteiger partial charge in [0, 0.05) is 33.3 Å². The fraction of sp³-hybridized carbons (Fsp3) is 0.135. The summed E-state index contributed by atoms with van der Waals surface area (Å²) in [6.45, 7) is 11.5. The SMILES string of the molecule is C#C/C(=C\C=C/C)C1(C2C=CC=CC2)c2ccccc2-c2c(-c3cccc4c3-c3ccccc3C4(C)C)ccc(-c3ccc(N(c4ccc5c(c4)C(C)(C)c4ccccc4-5)c4ccccc4-c4ccccc4)cc3)c21. The Morgan fingerprint density at radius 1 is 0.493 bits per heavy atom. The largest absolute Gasteiger partial charge is 0.310 e. The number of para-hydroxylation sites is 1. The van der Waals surface area contributed by atoms with E-state index in [2.05, 4.69) is 288 Å². The van der Waals surface area contributed by atoms with Crippen LogP contribution in [0.4, 0.5) is 17.1 Å². The Morgan fingerprint density at radius 3 is 1.76 bits per heavy atom. The zero-order chi connectivity index (χ0) is 51.1. The van der Waals surface area contributed by atoms with Crippen molar-refractivity contribution in [3.05, 3.63) is 282 Å². The summed E-state index contributed by atoms with van der Waals surface area (Å²) in [4.78, 5) is 2.46. The molecule has 1 nitrogen and oxygen atoms in total. The number of terminal acetylenes is 1. The Hall–Kier alpha value is -8.70. The molecule has 0 spiro atoms. The Labute approximate surface area is 443 Å². The minimum absolute atomic E-state index is 0.0482. The first kappa shape index (κ1) is 46.1. The number of hydrogen-bond acceptors (Lipinski definition) is 1. The van der Waals surface area contributed by atoms with Crippen molar-refractivity contribution in [1.82, 2.24) is 0 Å². The van der Waals surface area contributed by atoms with E-state index < -0.39 is 5.41 Å². The van der Waals surface area contributed by atoms with Gasteiger partial charge < -0.3 is 4.90 Å². The van der Waals surface area contributed by atoms with E-state index in [1.807, 2.05) is 0 Å². The van der Waals surface area contributed by atoms with Crippen molar-refractivity contribution >= 4 is 17.1 Å². The van der Waals surface area contributed by atoms with Gasteiger partial charge in [-0.1, -0.05) is 240 Å². The Balaban J connectivity index is 1.06. The number of benzene rings is 9. The number of allylic oxidation sites excluding steroid dienone is 8. The molecule has 2 atom stereocenters. The van der Waals surface area contributed by atoms with Crippen molar-refractivity contribution in [2.45, 2.75) is 57.3 Å². The smallest absolute Gasteiger partial charge is 0.0614 e. The van der Waals surface area contributed by atoms with Crippen molar-refractivity contribution in [1.29, 1.82) is 0 Å². The molecule has 0 radical (unpaired) electrons. The third-order valence-corrected chi connectivity index (χ3v) is 17.2. The van der Waals surface area contributed by atoms with Crippen LogP contribution in [-0.4, -0.2) is 0 Å². The third-order valence-electron chi connectivity index (χ3n) is 17.2. The Bertz CT molecular complexity index is 3940. The highest BCUT2D eigenvalue weighted by atomic mass is 15.1. The van der Waals surface area contributed by atoms with Crippen LogP contribution in [0.2, 0.25) is 0 Å². The first-order valence-electron chi connectivity index (χ1n) is 26.6. The van der Waals surface area contributed by atoms with Crippen LogP contribution in [0.1, 0.15) is 74.4 Å². The fourth-order valence-corrected chi connectivity index (χ4v) is 13.7. The average molecular weight is 962 g/mol. The minimum Gasteiger partial charge on any atom is -0.310 e. The van der Waals surface area contributed by atoms with Gasteiger partial charge in [-0.25, -0.2) is 0 Å². The zero-order valence-electron chi connectivity index (χ0n) is 43.4. The van der Waals surface area contributed by atoms with E-state index >= 15 is 0 Å². The van der Waals surface area contributed by atoms with Crippen LogP contribution in [0.15, 0.2) is 248 Å². The highest BCUT2D eigenvalue weighted by Gasteiger charge is 2.52. The molecular weight excluding hydrogens is 903 g/mol. The Morgan fingerprint density at radius 2 is 1.04 bits per heavy atom. The molecule has 0 aromatic heterocycles. The van der Waals surface area contributed by atoms with Crippen molar-refractivity contribution in [3.8, 4) is 79.1 Å². The van der Waals surface area contributed by atoms with E-state index in [9.17, 15) is 0 Å². The highest BCUT2D eigenvalue weighted by molar-refractivity contribution is 6.04. The molecule has 13 rings (SSSR count). The second-order valence-electron chi connectivity index (χ2n) is 21.7. The molecule has 1 heteroatoms. The summed E-state index contributed by atoms with van der Waals surface area (Å²) in [7, 11) is 0. The first-order valence-corrected chi connectivity index (χ1v) is 26.6. The summed E-state index contributed by atoms with van der Waals surface area (Å²) in [6.07, 6.45) is 23.3. The molecule has 0 amide bonds. The second kappa shape index (κ2) is 17.8. The molecule has 0 bridgehead atoms. The molecule has 360 valence electrons. The molecule has 9 aromatic rings. The maximum atomic E-state index is 6.89. The van der Waals surface area contributed by atoms with Gasteiger partial charge in [0.2, 0.25) is 0 Å². The summed E-state index contributed by atoms with van der Waals surface area (Å²) in [5, 5.41) is 0. The van der Waals surface area contributed by atoms with Gasteiger partial charge in [-0.2, -0.15) is 0 Å². The molecule has 0 saturated carbocycles. The summed E-state index contributed by atoms with van der Waals surface area (Å²) in [5.74, 6) is 3.40. The van der Waals surface area contributed by atoms with Crippen molar-refractivity contribution in [2.75, 3.05) is 4.90 Å².